The van der Waals surface area contributed by atoms with Gasteiger partial charge in [0.25, 0.3) is 0 Å². The first-order chi connectivity index (χ1) is 13.5. The smallest absolute Gasteiger partial charge is 0.224 e. The molecule has 2 aliphatic rings. The molecule has 0 bridgehead atoms. The van der Waals surface area contributed by atoms with Crippen LogP contribution in [-0.2, 0) is 10.2 Å². The molecule has 1 aliphatic heterocycles. The number of amides is 1. The van der Waals surface area contributed by atoms with Gasteiger partial charge in [-0.3, -0.25) is 9.79 Å². The summed E-state index contributed by atoms with van der Waals surface area (Å²) in [5.74, 6) is 0.752. The second kappa shape index (κ2) is 9.39. The summed E-state index contributed by atoms with van der Waals surface area (Å²) in [6.07, 6.45) is 5.97. The molecule has 0 spiro atoms. The molecule has 28 heavy (non-hydrogen) atoms. The first kappa shape index (κ1) is 20.6. The zero-order valence-electron chi connectivity index (χ0n) is 17.1. The maximum atomic E-state index is 13.6. The first-order valence-electron chi connectivity index (χ1n) is 10.6. The fourth-order valence-electron chi connectivity index (χ4n) is 3.98. The Balaban J connectivity index is 1.52. The van der Waals surface area contributed by atoms with Gasteiger partial charge in [0.2, 0.25) is 5.91 Å². The third kappa shape index (κ3) is 5.24. The van der Waals surface area contributed by atoms with E-state index in [0.29, 0.717) is 25.6 Å². The molecule has 1 amide bonds. The van der Waals surface area contributed by atoms with Crippen LogP contribution in [0, 0.1) is 5.82 Å². The minimum absolute atomic E-state index is 0.0382. The van der Waals surface area contributed by atoms with Gasteiger partial charge in [-0.2, -0.15) is 0 Å². The van der Waals surface area contributed by atoms with Crippen molar-refractivity contribution < 1.29 is 9.18 Å². The van der Waals surface area contributed by atoms with E-state index in [0.717, 1.165) is 50.3 Å². The lowest BCUT2D eigenvalue weighted by molar-refractivity contribution is -0.134. The van der Waals surface area contributed by atoms with Crippen LogP contribution >= 0.6 is 0 Å². The van der Waals surface area contributed by atoms with Crippen LogP contribution in [0.2, 0.25) is 0 Å². The van der Waals surface area contributed by atoms with Crippen LogP contribution < -0.4 is 10.6 Å². The Morgan fingerprint density at radius 3 is 2.82 bits per heavy atom. The van der Waals surface area contributed by atoms with E-state index in [2.05, 4.69) is 17.6 Å². The average molecular weight is 389 g/mol. The van der Waals surface area contributed by atoms with E-state index in [1.807, 2.05) is 17.9 Å². The molecule has 154 valence electrons. The molecule has 1 aromatic carbocycles. The Morgan fingerprint density at radius 1 is 1.32 bits per heavy atom. The van der Waals surface area contributed by atoms with Gasteiger partial charge in [0.15, 0.2) is 5.96 Å². The fraction of sp³-hybridized carbons (Fsp3) is 0.636. The van der Waals surface area contributed by atoms with Crippen molar-refractivity contribution in [2.75, 3.05) is 26.2 Å². The van der Waals surface area contributed by atoms with Crippen LogP contribution in [0.1, 0.15) is 57.9 Å². The monoisotopic (exact) mass is 388 g/mol. The highest BCUT2D eigenvalue weighted by atomic mass is 19.1. The van der Waals surface area contributed by atoms with Crippen LogP contribution in [0.15, 0.2) is 29.3 Å². The van der Waals surface area contributed by atoms with Crippen molar-refractivity contribution >= 4 is 11.9 Å². The highest BCUT2D eigenvalue weighted by Crippen LogP contribution is 2.48. The van der Waals surface area contributed by atoms with Crippen molar-refractivity contribution in [3.05, 3.63) is 35.6 Å². The Kier molecular flexibility index (Phi) is 6.92. The highest BCUT2D eigenvalue weighted by molar-refractivity contribution is 5.81. The van der Waals surface area contributed by atoms with Crippen molar-refractivity contribution in [3.63, 3.8) is 0 Å². The number of carbonyl (C=O) groups excluding carboxylic acids is 1. The molecule has 1 aliphatic carbocycles. The van der Waals surface area contributed by atoms with Gasteiger partial charge in [-0.1, -0.05) is 12.1 Å². The quantitative estimate of drug-likeness (QED) is 0.557. The van der Waals surface area contributed by atoms with Gasteiger partial charge in [-0.05, 0) is 63.6 Å². The van der Waals surface area contributed by atoms with E-state index in [1.165, 1.54) is 12.5 Å². The fourth-order valence-corrected chi connectivity index (χ4v) is 3.98. The molecule has 2 N–H and O–H groups in total. The predicted molar refractivity (Wildman–Crippen MR) is 111 cm³/mol. The molecule has 1 heterocycles. The third-order valence-corrected chi connectivity index (χ3v) is 5.93. The molecule has 0 aromatic heterocycles. The molecule has 1 saturated heterocycles. The summed E-state index contributed by atoms with van der Waals surface area (Å²) in [4.78, 5) is 19.2. The third-order valence-electron chi connectivity index (χ3n) is 5.93. The molecule has 3 rings (SSSR count). The summed E-state index contributed by atoms with van der Waals surface area (Å²) in [6.45, 7) is 7.00. The number of guanidine groups is 1. The Morgan fingerprint density at radius 2 is 2.14 bits per heavy atom. The van der Waals surface area contributed by atoms with Crippen LogP contribution in [0.5, 0.6) is 0 Å². The second-order valence-corrected chi connectivity index (χ2v) is 8.09. The molecule has 1 atom stereocenters. The van der Waals surface area contributed by atoms with Gasteiger partial charge in [-0.15, -0.1) is 0 Å². The van der Waals surface area contributed by atoms with E-state index < -0.39 is 0 Å². The molecule has 6 heteroatoms. The van der Waals surface area contributed by atoms with Crippen molar-refractivity contribution in [3.8, 4) is 0 Å². The summed E-state index contributed by atoms with van der Waals surface area (Å²) in [5.41, 5.74) is 0.991. The number of rotatable bonds is 7. The molecule has 1 unspecified atom stereocenters. The van der Waals surface area contributed by atoms with Crippen molar-refractivity contribution in [2.24, 2.45) is 4.99 Å². The number of likely N-dealkylation sites (tertiary alicyclic amines) is 1. The zero-order valence-corrected chi connectivity index (χ0v) is 17.1. The summed E-state index contributed by atoms with van der Waals surface area (Å²) < 4.78 is 13.6. The summed E-state index contributed by atoms with van der Waals surface area (Å²) in [6, 6.07) is 7.22. The standard InChI is InChI=1S/C22H33FN4O/c1-3-24-21(25-13-10-20(28)27-14-5-4-7-17(27)2)26-16-22(11-12-22)18-8-6-9-19(23)15-18/h6,8-9,15,17H,3-5,7,10-14,16H2,1-2H3,(H2,24,25,26). The number of halogens is 1. The maximum absolute atomic E-state index is 13.6. The summed E-state index contributed by atoms with van der Waals surface area (Å²) >= 11 is 0. The van der Waals surface area contributed by atoms with E-state index >= 15 is 0 Å². The van der Waals surface area contributed by atoms with Gasteiger partial charge in [0, 0.05) is 37.5 Å². The van der Waals surface area contributed by atoms with Gasteiger partial charge in [-0.25, -0.2) is 4.39 Å². The van der Waals surface area contributed by atoms with Crippen LogP contribution in [0.3, 0.4) is 0 Å². The van der Waals surface area contributed by atoms with Crippen molar-refractivity contribution in [1.29, 1.82) is 0 Å². The minimum Gasteiger partial charge on any atom is -0.357 e. The van der Waals surface area contributed by atoms with Crippen molar-refractivity contribution in [2.45, 2.75) is 63.8 Å². The zero-order chi connectivity index (χ0) is 20.0. The number of hydrogen-bond donors (Lipinski definition) is 2. The lowest BCUT2D eigenvalue weighted by Gasteiger charge is -2.33. The van der Waals surface area contributed by atoms with E-state index in [9.17, 15) is 9.18 Å². The number of aliphatic imine (C=N–C) groups is 1. The summed E-state index contributed by atoms with van der Waals surface area (Å²) in [5, 5.41) is 6.53. The lowest BCUT2D eigenvalue weighted by atomic mass is 9.96. The minimum atomic E-state index is -0.191. The molecular formula is C22H33FN4O. The van der Waals surface area contributed by atoms with Gasteiger partial charge in [0.05, 0.1) is 6.54 Å². The SMILES string of the molecule is CCNC(=NCC1(c2cccc(F)c2)CC1)NCCC(=O)N1CCCCC1C. The van der Waals surface area contributed by atoms with Crippen molar-refractivity contribution in [1.82, 2.24) is 15.5 Å². The molecular weight excluding hydrogens is 355 g/mol. The topological polar surface area (TPSA) is 56.7 Å². The van der Waals surface area contributed by atoms with E-state index in [-0.39, 0.29) is 17.1 Å². The van der Waals surface area contributed by atoms with Crippen LogP contribution in [0.25, 0.3) is 0 Å². The maximum Gasteiger partial charge on any atom is 0.224 e. The molecule has 1 aromatic rings. The molecule has 0 radical (unpaired) electrons. The Labute approximate surface area is 167 Å². The number of benzene rings is 1. The number of nitrogens with one attached hydrogen (secondary N) is 2. The number of piperidine rings is 1. The van der Waals surface area contributed by atoms with Gasteiger partial charge in [0.1, 0.15) is 5.82 Å². The number of hydrogen-bond acceptors (Lipinski definition) is 2. The average Bonchev–Trinajstić information content (AvgIpc) is 3.47. The predicted octanol–water partition coefficient (Wildman–Crippen LogP) is 3.20. The highest BCUT2D eigenvalue weighted by Gasteiger charge is 2.44. The van der Waals surface area contributed by atoms with Gasteiger partial charge >= 0.3 is 0 Å². The molecule has 5 nitrogen and oxygen atoms in total. The largest absolute Gasteiger partial charge is 0.357 e. The number of nitrogens with zero attached hydrogens (tertiary/aromatic N) is 2. The second-order valence-electron chi connectivity index (χ2n) is 8.09. The first-order valence-corrected chi connectivity index (χ1v) is 10.6. The molecule has 1 saturated carbocycles. The normalized spacial score (nSPS) is 21.3. The lowest BCUT2D eigenvalue weighted by Crippen LogP contribution is -2.44. The molecule has 2 fully saturated rings. The van der Waals surface area contributed by atoms with Crippen LogP contribution in [-0.4, -0.2) is 49.0 Å². The number of carbonyl (C=O) groups is 1. The van der Waals surface area contributed by atoms with E-state index in [4.69, 9.17) is 4.99 Å². The van der Waals surface area contributed by atoms with E-state index in [1.54, 1.807) is 12.1 Å². The summed E-state index contributed by atoms with van der Waals surface area (Å²) in [7, 11) is 0. The van der Waals surface area contributed by atoms with Crippen LogP contribution in [0.4, 0.5) is 4.39 Å². The Hall–Kier alpha value is -2.11. The van der Waals surface area contributed by atoms with Gasteiger partial charge < -0.3 is 15.5 Å². The Bertz CT molecular complexity index is 702.